The molecule has 1 nitrogen and oxygen atoms in total. The molecule has 0 bridgehead atoms. The van der Waals surface area contributed by atoms with Crippen LogP contribution in [0.2, 0.25) is 0 Å². The van der Waals surface area contributed by atoms with E-state index in [4.69, 9.17) is 0 Å². The molecule has 0 aliphatic heterocycles. The van der Waals surface area contributed by atoms with E-state index in [0.29, 0.717) is 5.41 Å². The highest BCUT2D eigenvalue weighted by Crippen LogP contribution is 2.43. The summed E-state index contributed by atoms with van der Waals surface area (Å²) in [7, 11) is 2.06. The van der Waals surface area contributed by atoms with Gasteiger partial charge < -0.3 is 5.32 Å². The van der Waals surface area contributed by atoms with Crippen molar-refractivity contribution >= 4 is 0 Å². The van der Waals surface area contributed by atoms with Crippen LogP contribution in [0.1, 0.15) is 39.5 Å². The van der Waals surface area contributed by atoms with Crippen molar-refractivity contribution in [3.63, 3.8) is 0 Å². The zero-order chi connectivity index (χ0) is 10.6. The summed E-state index contributed by atoms with van der Waals surface area (Å²) in [5, 5.41) is 3.32. The van der Waals surface area contributed by atoms with Gasteiger partial charge in [-0.05, 0) is 56.5 Å². The number of hydrogen-bond donors (Lipinski definition) is 1. The zero-order valence-corrected chi connectivity index (χ0v) is 9.97. The Morgan fingerprint density at radius 3 is 2.71 bits per heavy atom. The van der Waals surface area contributed by atoms with E-state index in [1.807, 2.05) is 0 Å². The summed E-state index contributed by atoms with van der Waals surface area (Å²) >= 11 is 0. The molecule has 1 N–H and O–H groups in total. The largest absolute Gasteiger partial charge is 0.319 e. The molecule has 0 aromatic heterocycles. The average Bonchev–Trinajstić information content (AvgIpc) is 2.10. The average molecular weight is 195 g/mol. The lowest BCUT2D eigenvalue weighted by Gasteiger charge is -2.40. The third kappa shape index (κ3) is 3.13. The van der Waals surface area contributed by atoms with E-state index in [-0.39, 0.29) is 0 Å². The predicted molar refractivity (Wildman–Crippen MR) is 63.4 cm³/mol. The molecule has 1 heteroatoms. The number of hydrogen-bond acceptors (Lipinski definition) is 1. The molecule has 1 rings (SSSR count). The molecule has 0 radical (unpaired) electrons. The molecule has 14 heavy (non-hydrogen) atoms. The monoisotopic (exact) mass is 195 g/mol. The fourth-order valence-electron chi connectivity index (χ4n) is 2.81. The smallest absolute Gasteiger partial charge is 0.00208 e. The molecule has 0 spiro atoms. The van der Waals surface area contributed by atoms with Crippen molar-refractivity contribution in [2.45, 2.75) is 39.5 Å². The van der Waals surface area contributed by atoms with E-state index < -0.39 is 0 Å². The second kappa shape index (κ2) is 4.97. The van der Waals surface area contributed by atoms with Crippen LogP contribution < -0.4 is 5.32 Å². The molecule has 0 saturated heterocycles. The highest BCUT2D eigenvalue weighted by molar-refractivity contribution is 4.88. The molecule has 1 aliphatic carbocycles. The van der Waals surface area contributed by atoms with Crippen molar-refractivity contribution in [1.29, 1.82) is 0 Å². The van der Waals surface area contributed by atoms with Gasteiger partial charge in [0.2, 0.25) is 0 Å². The first-order chi connectivity index (χ1) is 6.59. The summed E-state index contributed by atoms with van der Waals surface area (Å²) in [6.45, 7) is 9.85. The van der Waals surface area contributed by atoms with Crippen LogP contribution in [-0.4, -0.2) is 13.6 Å². The number of nitrogens with one attached hydrogen (secondary N) is 1. The lowest BCUT2D eigenvalue weighted by molar-refractivity contribution is 0.119. The van der Waals surface area contributed by atoms with Gasteiger partial charge >= 0.3 is 0 Å². The molecule has 82 valence electrons. The van der Waals surface area contributed by atoms with E-state index in [9.17, 15) is 0 Å². The minimum atomic E-state index is 0.553. The molecule has 2 unspecified atom stereocenters. The summed E-state index contributed by atoms with van der Waals surface area (Å²) in [5.74, 6) is 1.72. The Kier molecular flexibility index (Phi) is 4.18. The molecular weight excluding hydrogens is 170 g/mol. The van der Waals surface area contributed by atoms with Crippen molar-refractivity contribution in [2.24, 2.45) is 17.3 Å². The Bertz CT molecular complexity index is 184. The van der Waals surface area contributed by atoms with E-state index in [0.717, 1.165) is 11.8 Å². The second-order valence-electron chi connectivity index (χ2n) is 5.51. The molecule has 1 saturated carbocycles. The van der Waals surface area contributed by atoms with Gasteiger partial charge in [-0.15, -0.1) is 6.58 Å². The second-order valence-corrected chi connectivity index (χ2v) is 5.51. The van der Waals surface area contributed by atoms with Gasteiger partial charge in [-0.1, -0.05) is 19.9 Å². The van der Waals surface area contributed by atoms with E-state index >= 15 is 0 Å². The summed E-state index contributed by atoms with van der Waals surface area (Å²) in [5.41, 5.74) is 0.553. The fourth-order valence-corrected chi connectivity index (χ4v) is 2.81. The van der Waals surface area contributed by atoms with E-state index in [1.165, 1.54) is 32.2 Å². The Hall–Kier alpha value is -0.300. The van der Waals surface area contributed by atoms with Crippen LogP contribution in [0, 0.1) is 17.3 Å². The van der Waals surface area contributed by atoms with Gasteiger partial charge in [0.1, 0.15) is 0 Å². The van der Waals surface area contributed by atoms with Crippen LogP contribution in [0.15, 0.2) is 12.7 Å². The van der Waals surface area contributed by atoms with Crippen molar-refractivity contribution in [3.8, 4) is 0 Å². The minimum absolute atomic E-state index is 0.553. The first kappa shape index (κ1) is 11.8. The van der Waals surface area contributed by atoms with E-state index in [1.54, 1.807) is 0 Å². The van der Waals surface area contributed by atoms with Crippen molar-refractivity contribution < 1.29 is 0 Å². The lowest BCUT2D eigenvalue weighted by atomic mass is 9.66. The Morgan fingerprint density at radius 1 is 1.43 bits per heavy atom. The molecule has 0 aromatic rings. The summed E-state index contributed by atoms with van der Waals surface area (Å²) < 4.78 is 0. The number of allylic oxidation sites excluding steroid dienone is 1. The maximum absolute atomic E-state index is 3.88. The van der Waals surface area contributed by atoms with Crippen LogP contribution >= 0.6 is 0 Å². The fraction of sp³-hybridized carbons (Fsp3) is 0.846. The maximum Gasteiger partial charge on any atom is -0.00208 e. The Labute approximate surface area is 89.0 Å². The van der Waals surface area contributed by atoms with Crippen LogP contribution in [0.25, 0.3) is 0 Å². The standard InChI is InChI=1S/C13H25N/c1-5-6-11-9-13(2,3)8-7-12(11)10-14-4/h5,11-12,14H,1,6-10H2,2-4H3. The lowest BCUT2D eigenvalue weighted by Crippen LogP contribution is -2.34. The third-order valence-electron chi connectivity index (χ3n) is 3.61. The van der Waals surface area contributed by atoms with Crippen molar-refractivity contribution in [1.82, 2.24) is 5.32 Å². The summed E-state index contributed by atoms with van der Waals surface area (Å²) in [4.78, 5) is 0. The van der Waals surface area contributed by atoms with Gasteiger partial charge in [-0.2, -0.15) is 0 Å². The van der Waals surface area contributed by atoms with Gasteiger partial charge in [0.25, 0.3) is 0 Å². The van der Waals surface area contributed by atoms with Gasteiger partial charge in [0, 0.05) is 0 Å². The van der Waals surface area contributed by atoms with Crippen LogP contribution in [0.4, 0.5) is 0 Å². The zero-order valence-electron chi connectivity index (χ0n) is 9.97. The van der Waals surface area contributed by atoms with Crippen LogP contribution in [0.5, 0.6) is 0 Å². The SMILES string of the molecule is C=CCC1CC(C)(C)CCC1CNC. The predicted octanol–water partition coefficient (Wildman–Crippen LogP) is 3.22. The van der Waals surface area contributed by atoms with E-state index in [2.05, 4.69) is 38.9 Å². The number of rotatable bonds is 4. The highest BCUT2D eigenvalue weighted by atomic mass is 14.8. The summed E-state index contributed by atoms with van der Waals surface area (Å²) in [6.07, 6.45) is 7.41. The van der Waals surface area contributed by atoms with Gasteiger partial charge in [0.05, 0.1) is 0 Å². The molecular formula is C13H25N. The molecule has 0 heterocycles. The Morgan fingerprint density at radius 2 is 2.14 bits per heavy atom. The van der Waals surface area contributed by atoms with Gasteiger partial charge in [-0.25, -0.2) is 0 Å². The van der Waals surface area contributed by atoms with Crippen molar-refractivity contribution in [2.75, 3.05) is 13.6 Å². The quantitative estimate of drug-likeness (QED) is 0.679. The minimum Gasteiger partial charge on any atom is -0.319 e. The molecule has 0 amide bonds. The van der Waals surface area contributed by atoms with Crippen LogP contribution in [-0.2, 0) is 0 Å². The van der Waals surface area contributed by atoms with Crippen molar-refractivity contribution in [3.05, 3.63) is 12.7 Å². The molecule has 0 aromatic carbocycles. The highest BCUT2D eigenvalue weighted by Gasteiger charge is 2.33. The van der Waals surface area contributed by atoms with Gasteiger partial charge in [0.15, 0.2) is 0 Å². The first-order valence-corrected chi connectivity index (χ1v) is 5.84. The maximum atomic E-state index is 3.88. The summed E-state index contributed by atoms with van der Waals surface area (Å²) in [6, 6.07) is 0. The molecule has 1 fully saturated rings. The normalized spacial score (nSPS) is 31.4. The topological polar surface area (TPSA) is 12.0 Å². The molecule has 1 aliphatic rings. The molecule has 2 atom stereocenters. The van der Waals surface area contributed by atoms with Gasteiger partial charge in [-0.3, -0.25) is 0 Å². The Balaban J connectivity index is 2.55. The van der Waals surface area contributed by atoms with Crippen LogP contribution in [0.3, 0.4) is 0 Å². The third-order valence-corrected chi connectivity index (χ3v) is 3.61. The first-order valence-electron chi connectivity index (χ1n) is 5.84.